The predicted molar refractivity (Wildman–Crippen MR) is 183 cm³/mol. The predicted octanol–water partition coefficient (Wildman–Crippen LogP) is 7.43. The van der Waals surface area contributed by atoms with Crippen molar-refractivity contribution in [1.29, 1.82) is 0 Å². The highest BCUT2D eigenvalue weighted by molar-refractivity contribution is 5.88. The van der Waals surface area contributed by atoms with Gasteiger partial charge in [-0.05, 0) is 55.2 Å². The third kappa shape index (κ3) is 9.13. The molecule has 0 heterocycles. The van der Waals surface area contributed by atoms with Gasteiger partial charge in [0.15, 0.2) is 6.61 Å². The monoisotopic (exact) mass is 622 g/mol. The number of carbonyl (C=O) groups excluding carboxylic acids is 2. The summed E-state index contributed by atoms with van der Waals surface area (Å²) in [4.78, 5) is 26.7. The second-order valence-corrected chi connectivity index (χ2v) is 11.7. The topological polar surface area (TPSA) is 85.9 Å². The Bertz CT molecular complexity index is 1520. The van der Waals surface area contributed by atoms with Gasteiger partial charge in [-0.3, -0.25) is 9.59 Å². The Morgan fingerprint density at radius 1 is 0.717 bits per heavy atom. The standard InChI is InChI=1S/C39H46N2O5/c1-7-8-9-35(39(43)41-38(30-14-10-26(2)11-15-30)31-16-12-27(3)13-17-31)40-37(42)25-46-32-20-18-29(19-21-32)28(4)34-23-22-33(44-5)24-36(34)45-6/h10-24,28,35,38H,7-9,25H2,1-6H3,(H,40,42)(H,41,43)/t28?,35-/m0/s1. The first-order valence-corrected chi connectivity index (χ1v) is 15.9. The Hall–Kier alpha value is -4.78. The Labute approximate surface area is 273 Å². The van der Waals surface area contributed by atoms with Gasteiger partial charge in [0.05, 0.1) is 20.3 Å². The molecule has 1 unspecified atom stereocenters. The van der Waals surface area contributed by atoms with E-state index in [1.165, 1.54) is 0 Å². The van der Waals surface area contributed by atoms with Crippen LogP contribution in [0.2, 0.25) is 0 Å². The molecule has 0 radical (unpaired) electrons. The number of amides is 2. The van der Waals surface area contributed by atoms with Gasteiger partial charge in [0, 0.05) is 17.5 Å². The zero-order valence-electron chi connectivity index (χ0n) is 27.8. The molecule has 4 aromatic carbocycles. The summed E-state index contributed by atoms with van der Waals surface area (Å²) < 4.78 is 16.7. The van der Waals surface area contributed by atoms with Crippen LogP contribution in [0.1, 0.15) is 78.5 Å². The van der Waals surface area contributed by atoms with Crippen LogP contribution in [0.15, 0.2) is 91.0 Å². The van der Waals surface area contributed by atoms with Crippen LogP contribution in [0.25, 0.3) is 0 Å². The number of methoxy groups -OCH3 is 2. The largest absolute Gasteiger partial charge is 0.497 e. The number of aryl methyl sites for hydroxylation is 2. The fourth-order valence-electron chi connectivity index (χ4n) is 5.39. The quantitative estimate of drug-likeness (QED) is 0.144. The van der Waals surface area contributed by atoms with Crippen molar-refractivity contribution in [2.75, 3.05) is 20.8 Å². The Morgan fingerprint density at radius 2 is 1.28 bits per heavy atom. The minimum atomic E-state index is -0.683. The number of carbonyl (C=O) groups is 2. The van der Waals surface area contributed by atoms with Crippen molar-refractivity contribution < 1.29 is 23.8 Å². The van der Waals surface area contributed by atoms with Crippen LogP contribution in [0.4, 0.5) is 0 Å². The fraction of sp³-hybridized carbons (Fsp3) is 0.333. The summed E-state index contributed by atoms with van der Waals surface area (Å²) in [6.45, 7) is 8.05. The van der Waals surface area contributed by atoms with Gasteiger partial charge in [-0.2, -0.15) is 0 Å². The molecule has 2 N–H and O–H groups in total. The van der Waals surface area contributed by atoms with Crippen LogP contribution in [0.5, 0.6) is 17.2 Å². The van der Waals surface area contributed by atoms with Gasteiger partial charge < -0.3 is 24.8 Å². The van der Waals surface area contributed by atoms with E-state index in [9.17, 15) is 9.59 Å². The van der Waals surface area contributed by atoms with Crippen LogP contribution in [0, 0.1) is 13.8 Å². The molecular weight excluding hydrogens is 576 g/mol. The number of hydrogen-bond donors (Lipinski definition) is 2. The Balaban J connectivity index is 1.40. The summed E-state index contributed by atoms with van der Waals surface area (Å²) in [5.74, 6) is 1.57. The van der Waals surface area contributed by atoms with Crippen molar-refractivity contribution in [2.45, 2.75) is 65.0 Å². The molecule has 0 fully saturated rings. The first-order chi connectivity index (χ1) is 22.2. The summed E-state index contributed by atoms with van der Waals surface area (Å²) in [5, 5.41) is 6.13. The number of unbranched alkanes of at least 4 members (excludes halogenated alkanes) is 1. The summed E-state index contributed by atoms with van der Waals surface area (Å²) in [6, 6.07) is 28.7. The van der Waals surface area contributed by atoms with E-state index in [0.29, 0.717) is 12.2 Å². The molecule has 7 nitrogen and oxygen atoms in total. The molecule has 0 aliphatic rings. The van der Waals surface area contributed by atoms with Gasteiger partial charge in [-0.25, -0.2) is 0 Å². The zero-order valence-corrected chi connectivity index (χ0v) is 27.8. The minimum absolute atomic E-state index is 0.0692. The molecule has 0 aliphatic carbocycles. The molecule has 2 atom stereocenters. The molecule has 242 valence electrons. The number of hydrogen-bond acceptors (Lipinski definition) is 5. The van der Waals surface area contributed by atoms with E-state index in [-0.39, 0.29) is 30.4 Å². The lowest BCUT2D eigenvalue weighted by molar-refractivity contribution is -0.130. The Kier molecular flexibility index (Phi) is 12.2. The first kappa shape index (κ1) is 34.1. The van der Waals surface area contributed by atoms with Crippen LogP contribution in [0.3, 0.4) is 0 Å². The van der Waals surface area contributed by atoms with Crippen LogP contribution < -0.4 is 24.8 Å². The number of benzene rings is 4. The van der Waals surface area contributed by atoms with Crippen molar-refractivity contribution in [3.63, 3.8) is 0 Å². The van der Waals surface area contributed by atoms with E-state index in [1.54, 1.807) is 14.2 Å². The molecule has 2 amide bonds. The molecule has 0 aromatic heterocycles. The third-order valence-corrected chi connectivity index (χ3v) is 8.26. The molecule has 4 aromatic rings. The average molecular weight is 623 g/mol. The highest BCUT2D eigenvalue weighted by Crippen LogP contribution is 2.34. The van der Waals surface area contributed by atoms with Gasteiger partial charge in [0.2, 0.25) is 5.91 Å². The first-order valence-electron chi connectivity index (χ1n) is 15.9. The molecule has 0 bridgehead atoms. The second kappa shape index (κ2) is 16.5. The SMILES string of the molecule is CCCC[C@H](NC(=O)COc1ccc(C(C)c2ccc(OC)cc2OC)cc1)C(=O)NC(c1ccc(C)cc1)c1ccc(C)cc1. The van der Waals surface area contributed by atoms with Gasteiger partial charge in [-0.1, -0.05) is 105 Å². The van der Waals surface area contributed by atoms with E-state index in [0.717, 1.165) is 57.7 Å². The number of ether oxygens (including phenoxy) is 3. The fourth-order valence-corrected chi connectivity index (χ4v) is 5.39. The lowest BCUT2D eigenvalue weighted by Gasteiger charge is -2.25. The molecule has 4 rings (SSSR count). The maximum absolute atomic E-state index is 13.7. The van der Waals surface area contributed by atoms with E-state index in [2.05, 4.69) is 24.5 Å². The highest BCUT2D eigenvalue weighted by Gasteiger charge is 2.25. The van der Waals surface area contributed by atoms with Crippen LogP contribution in [-0.2, 0) is 9.59 Å². The molecule has 46 heavy (non-hydrogen) atoms. The smallest absolute Gasteiger partial charge is 0.258 e. The van der Waals surface area contributed by atoms with Crippen molar-refractivity contribution in [2.24, 2.45) is 0 Å². The van der Waals surface area contributed by atoms with Crippen molar-refractivity contribution in [3.8, 4) is 17.2 Å². The van der Waals surface area contributed by atoms with Crippen LogP contribution >= 0.6 is 0 Å². The second-order valence-electron chi connectivity index (χ2n) is 11.7. The van der Waals surface area contributed by atoms with Crippen molar-refractivity contribution >= 4 is 11.8 Å². The Morgan fingerprint density at radius 3 is 1.83 bits per heavy atom. The van der Waals surface area contributed by atoms with Gasteiger partial charge >= 0.3 is 0 Å². The molecular formula is C39H46N2O5. The molecule has 0 saturated heterocycles. The summed E-state index contributed by atoms with van der Waals surface area (Å²) >= 11 is 0. The third-order valence-electron chi connectivity index (χ3n) is 8.26. The van der Waals surface area contributed by atoms with E-state index < -0.39 is 6.04 Å². The van der Waals surface area contributed by atoms with Gasteiger partial charge in [0.1, 0.15) is 23.3 Å². The van der Waals surface area contributed by atoms with E-state index in [4.69, 9.17) is 14.2 Å². The summed E-state index contributed by atoms with van der Waals surface area (Å²) in [7, 11) is 3.28. The maximum atomic E-state index is 13.7. The molecule has 0 saturated carbocycles. The highest BCUT2D eigenvalue weighted by atomic mass is 16.5. The maximum Gasteiger partial charge on any atom is 0.258 e. The van der Waals surface area contributed by atoms with Gasteiger partial charge in [0.25, 0.3) is 5.91 Å². The average Bonchev–Trinajstić information content (AvgIpc) is 3.08. The van der Waals surface area contributed by atoms with E-state index in [1.807, 2.05) is 105 Å². The van der Waals surface area contributed by atoms with Crippen molar-refractivity contribution in [3.05, 3.63) is 124 Å². The normalized spacial score (nSPS) is 12.2. The summed E-state index contributed by atoms with van der Waals surface area (Å²) in [5.41, 5.74) is 6.37. The summed E-state index contributed by atoms with van der Waals surface area (Å²) in [6.07, 6.45) is 2.24. The van der Waals surface area contributed by atoms with Crippen LogP contribution in [-0.4, -0.2) is 38.7 Å². The molecule has 7 heteroatoms. The van der Waals surface area contributed by atoms with E-state index >= 15 is 0 Å². The zero-order chi connectivity index (χ0) is 33.1. The number of rotatable bonds is 15. The molecule has 0 spiro atoms. The van der Waals surface area contributed by atoms with Gasteiger partial charge in [-0.15, -0.1) is 0 Å². The lowest BCUT2D eigenvalue weighted by Crippen LogP contribution is -2.49. The molecule has 0 aliphatic heterocycles. The minimum Gasteiger partial charge on any atom is -0.497 e. The van der Waals surface area contributed by atoms with Crippen molar-refractivity contribution in [1.82, 2.24) is 10.6 Å². The number of nitrogens with one attached hydrogen (secondary N) is 2. The lowest BCUT2D eigenvalue weighted by atomic mass is 9.92.